The third-order valence-electron chi connectivity index (χ3n) is 7.09. The van der Waals surface area contributed by atoms with Crippen molar-refractivity contribution in [2.24, 2.45) is 0 Å². The van der Waals surface area contributed by atoms with Crippen LogP contribution < -0.4 is 9.62 Å². The van der Waals surface area contributed by atoms with Crippen LogP contribution in [0, 0.1) is 0 Å². The number of halogens is 1. The zero-order chi connectivity index (χ0) is 27.4. The van der Waals surface area contributed by atoms with Crippen molar-refractivity contribution in [1.82, 2.24) is 10.2 Å². The zero-order valence-corrected chi connectivity index (χ0v) is 23.6. The van der Waals surface area contributed by atoms with Gasteiger partial charge in [-0.2, -0.15) is 0 Å². The van der Waals surface area contributed by atoms with E-state index in [0.717, 1.165) is 22.8 Å². The van der Waals surface area contributed by atoms with Crippen molar-refractivity contribution in [2.75, 3.05) is 10.8 Å². The summed E-state index contributed by atoms with van der Waals surface area (Å²) >= 11 is 6.04. The minimum atomic E-state index is -3.69. The Balaban J connectivity index is 1.52. The summed E-state index contributed by atoms with van der Waals surface area (Å²) in [5.41, 5.74) is 1.50. The number of rotatable bonds is 11. The molecule has 0 bridgehead atoms. The molecule has 38 heavy (non-hydrogen) atoms. The largest absolute Gasteiger partial charge is 0.352 e. The molecule has 1 aliphatic rings. The van der Waals surface area contributed by atoms with Crippen LogP contribution in [0.4, 0.5) is 5.69 Å². The predicted octanol–water partition coefficient (Wildman–Crippen LogP) is 5.50. The maximum Gasteiger partial charge on any atom is 0.265 e. The molecule has 1 N–H and O–H groups in total. The fourth-order valence-electron chi connectivity index (χ4n) is 4.86. The highest BCUT2D eigenvalue weighted by Crippen LogP contribution is 2.42. The summed E-state index contributed by atoms with van der Waals surface area (Å²) in [5, 5.41) is 5.19. The molecule has 4 rings (SSSR count). The third-order valence-corrected chi connectivity index (χ3v) is 9.19. The lowest BCUT2D eigenvalue weighted by Crippen LogP contribution is -2.50. The van der Waals surface area contributed by atoms with Crippen molar-refractivity contribution in [3.63, 3.8) is 0 Å². The van der Waals surface area contributed by atoms with Crippen LogP contribution in [0.3, 0.4) is 0 Å². The van der Waals surface area contributed by atoms with Gasteiger partial charge in [0.25, 0.3) is 10.0 Å². The lowest BCUT2D eigenvalue weighted by Gasteiger charge is -2.31. The second-order valence-electron chi connectivity index (χ2n) is 9.70. The van der Waals surface area contributed by atoms with E-state index in [-0.39, 0.29) is 37.4 Å². The summed E-state index contributed by atoms with van der Waals surface area (Å²) in [6.07, 6.45) is 1.67. The van der Waals surface area contributed by atoms with E-state index in [2.05, 4.69) is 5.32 Å². The first kappa shape index (κ1) is 27.9. The summed E-state index contributed by atoms with van der Waals surface area (Å²) in [5.74, 6) is -0.383. The highest BCUT2D eigenvalue weighted by molar-refractivity contribution is 7.93. The number of nitrogens with one attached hydrogen (secondary N) is 1. The van der Waals surface area contributed by atoms with Crippen LogP contribution in [0.15, 0.2) is 65.6 Å². The maximum absolute atomic E-state index is 13.6. The topological polar surface area (TPSA) is 86.8 Å². The van der Waals surface area contributed by atoms with Gasteiger partial charge in [-0.1, -0.05) is 61.8 Å². The standard InChI is InChI=1S/C29H34ClN3O4S/c1-4-20(3)31-29(35)24(5-2)32(19-21-14-16-23(30)17-15-21)27(34)13-8-18-33-25-11-6-9-22-10-7-12-26(28(22)25)38(33,36)37/h6-7,9-12,14-17,20,24H,4-5,8,13,18-19H2,1-3H3,(H,31,35)/t20-,24-/m1/s1. The lowest BCUT2D eigenvalue weighted by atomic mass is 10.1. The predicted molar refractivity (Wildman–Crippen MR) is 152 cm³/mol. The molecule has 9 heteroatoms. The Morgan fingerprint density at radius 3 is 2.34 bits per heavy atom. The first-order chi connectivity index (χ1) is 18.2. The first-order valence-corrected chi connectivity index (χ1v) is 14.9. The number of sulfonamides is 1. The fourth-order valence-corrected chi connectivity index (χ4v) is 6.74. The Labute approximate surface area is 229 Å². The number of anilines is 1. The molecule has 0 saturated heterocycles. The van der Waals surface area contributed by atoms with E-state index in [9.17, 15) is 18.0 Å². The van der Waals surface area contributed by atoms with E-state index < -0.39 is 16.1 Å². The smallest absolute Gasteiger partial charge is 0.265 e. The average Bonchev–Trinajstić information content (AvgIpc) is 3.12. The van der Waals surface area contributed by atoms with Gasteiger partial charge >= 0.3 is 0 Å². The van der Waals surface area contributed by atoms with E-state index in [0.29, 0.717) is 28.4 Å². The van der Waals surface area contributed by atoms with Gasteiger partial charge in [0.15, 0.2) is 0 Å². The number of amides is 2. The van der Waals surface area contributed by atoms with Crippen molar-refractivity contribution >= 4 is 49.9 Å². The molecular formula is C29H34ClN3O4S. The molecular weight excluding hydrogens is 522 g/mol. The molecule has 0 radical (unpaired) electrons. The molecule has 2 atom stereocenters. The van der Waals surface area contributed by atoms with Crippen LogP contribution in [0.25, 0.3) is 10.8 Å². The van der Waals surface area contributed by atoms with Gasteiger partial charge in [-0.05, 0) is 61.4 Å². The van der Waals surface area contributed by atoms with Crippen LogP contribution in [0.5, 0.6) is 0 Å². The molecule has 2 amide bonds. The van der Waals surface area contributed by atoms with E-state index in [1.165, 1.54) is 4.31 Å². The Morgan fingerprint density at radius 2 is 1.68 bits per heavy atom. The van der Waals surface area contributed by atoms with Gasteiger partial charge in [0.2, 0.25) is 11.8 Å². The minimum Gasteiger partial charge on any atom is -0.352 e. The monoisotopic (exact) mass is 555 g/mol. The van der Waals surface area contributed by atoms with Crippen molar-refractivity contribution in [2.45, 2.75) is 70.0 Å². The van der Waals surface area contributed by atoms with Crippen molar-refractivity contribution < 1.29 is 18.0 Å². The van der Waals surface area contributed by atoms with Gasteiger partial charge in [0.1, 0.15) is 6.04 Å². The Morgan fingerprint density at radius 1 is 1.00 bits per heavy atom. The number of carbonyl (C=O) groups is 2. The quantitative estimate of drug-likeness (QED) is 0.338. The Bertz CT molecular complexity index is 1420. The number of hydrogen-bond acceptors (Lipinski definition) is 4. The normalized spacial score (nSPS) is 15.3. The zero-order valence-electron chi connectivity index (χ0n) is 22.0. The number of hydrogen-bond donors (Lipinski definition) is 1. The van der Waals surface area contributed by atoms with Gasteiger partial charge in [-0.3, -0.25) is 13.9 Å². The Hall–Kier alpha value is -3.10. The minimum absolute atomic E-state index is 0.00579. The van der Waals surface area contributed by atoms with Crippen LogP contribution >= 0.6 is 11.6 Å². The van der Waals surface area contributed by atoms with Crippen LogP contribution in [0.2, 0.25) is 5.02 Å². The van der Waals surface area contributed by atoms with E-state index in [1.807, 2.05) is 51.1 Å². The summed E-state index contributed by atoms with van der Waals surface area (Å²) in [6.45, 7) is 6.25. The third kappa shape index (κ3) is 5.66. The molecule has 1 aliphatic heterocycles. The van der Waals surface area contributed by atoms with Gasteiger partial charge in [-0.15, -0.1) is 0 Å². The van der Waals surface area contributed by atoms with E-state index in [4.69, 9.17) is 11.6 Å². The number of benzene rings is 3. The second kappa shape index (κ2) is 11.7. The molecule has 1 heterocycles. The molecule has 7 nitrogen and oxygen atoms in total. The first-order valence-electron chi connectivity index (χ1n) is 13.1. The molecule has 0 spiro atoms. The highest BCUT2D eigenvalue weighted by Gasteiger charge is 2.35. The molecule has 3 aromatic carbocycles. The van der Waals surface area contributed by atoms with Gasteiger partial charge in [0, 0.05) is 36.0 Å². The van der Waals surface area contributed by atoms with E-state index in [1.54, 1.807) is 35.2 Å². The van der Waals surface area contributed by atoms with Gasteiger partial charge < -0.3 is 10.2 Å². The second-order valence-corrected chi connectivity index (χ2v) is 12.0. The summed E-state index contributed by atoms with van der Waals surface area (Å²) < 4.78 is 28.0. The van der Waals surface area contributed by atoms with Crippen LogP contribution in [0.1, 0.15) is 52.0 Å². The molecule has 3 aromatic rings. The van der Waals surface area contributed by atoms with Crippen LogP contribution in [-0.4, -0.2) is 43.8 Å². The molecule has 0 aliphatic carbocycles. The SMILES string of the molecule is CC[C@@H](C)NC(=O)[C@@H](CC)N(Cc1ccc(Cl)cc1)C(=O)CCCN1c2cccc3cccc(c23)S1(=O)=O. The summed E-state index contributed by atoms with van der Waals surface area (Å²) in [7, 11) is -3.69. The average molecular weight is 556 g/mol. The summed E-state index contributed by atoms with van der Waals surface area (Å²) in [6, 6.07) is 17.4. The molecule has 0 saturated carbocycles. The van der Waals surface area contributed by atoms with Crippen molar-refractivity contribution in [3.8, 4) is 0 Å². The molecule has 202 valence electrons. The van der Waals surface area contributed by atoms with Crippen LogP contribution in [-0.2, 0) is 26.2 Å². The lowest BCUT2D eigenvalue weighted by molar-refractivity contribution is -0.141. The van der Waals surface area contributed by atoms with Crippen molar-refractivity contribution in [3.05, 3.63) is 71.2 Å². The summed E-state index contributed by atoms with van der Waals surface area (Å²) in [4.78, 5) is 28.6. The van der Waals surface area contributed by atoms with Gasteiger partial charge in [0.05, 0.1) is 10.6 Å². The Kier molecular flexibility index (Phi) is 8.63. The van der Waals surface area contributed by atoms with E-state index >= 15 is 0 Å². The maximum atomic E-state index is 13.6. The molecule has 0 fully saturated rings. The fraction of sp³-hybridized carbons (Fsp3) is 0.379. The molecule has 0 unspecified atom stereocenters. The molecule has 0 aromatic heterocycles. The number of carbonyl (C=O) groups excluding carboxylic acids is 2. The highest BCUT2D eigenvalue weighted by atomic mass is 35.5. The van der Waals surface area contributed by atoms with Gasteiger partial charge in [-0.25, -0.2) is 8.42 Å². The van der Waals surface area contributed by atoms with Crippen molar-refractivity contribution in [1.29, 1.82) is 0 Å². The number of nitrogens with zero attached hydrogens (tertiary/aromatic N) is 2.